The second-order valence-electron chi connectivity index (χ2n) is 4.52. The van der Waals surface area contributed by atoms with Crippen LogP contribution in [0.15, 0.2) is 39.4 Å². The van der Waals surface area contributed by atoms with Gasteiger partial charge in [-0.1, -0.05) is 6.07 Å². The topological polar surface area (TPSA) is 102 Å². The highest BCUT2D eigenvalue weighted by molar-refractivity contribution is 7.99. The molecule has 0 spiro atoms. The number of carbonyl (C=O) groups excluding carboxylic acids is 1. The van der Waals surface area contributed by atoms with Crippen molar-refractivity contribution in [3.05, 3.63) is 46.1 Å². The Morgan fingerprint density at radius 1 is 1.23 bits per heavy atom. The Balaban J connectivity index is 2.33. The van der Waals surface area contributed by atoms with Gasteiger partial charge in [0.1, 0.15) is 10.6 Å². The van der Waals surface area contributed by atoms with Crippen LogP contribution in [-0.2, 0) is 21.0 Å². The zero-order chi connectivity index (χ0) is 16.3. The van der Waals surface area contributed by atoms with Gasteiger partial charge in [-0.15, -0.1) is 0 Å². The highest BCUT2D eigenvalue weighted by Gasteiger charge is 2.34. The summed E-state index contributed by atoms with van der Waals surface area (Å²) in [4.78, 5) is 14.6. The molecule has 0 radical (unpaired) electrons. The quantitative estimate of drug-likeness (QED) is 0.758. The van der Waals surface area contributed by atoms with Crippen LogP contribution in [0.3, 0.4) is 0 Å². The molecule has 0 saturated carbocycles. The summed E-state index contributed by atoms with van der Waals surface area (Å²) in [6.45, 7) is 0. The first-order valence-electron chi connectivity index (χ1n) is 5.77. The number of halogens is 3. The van der Waals surface area contributed by atoms with Gasteiger partial charge in [0.25, 0.3) is 15.9 Å². The van der Waals surface area contributed by atoms with Crippen LogP contribution in [0.2, 0.25) is 0 Å². The van der Waals surface area contributed by atoms with Crippen molar-refractivity contribution >= 4 is 26.5 Å². The number of nitrogens with two attached hydrogens (primary N) is 1. The van der Waals surface area contributed by atoms with Gasteiger partial charge >= 0.3 is 6.18 Å². The van der Waals surface area contributed by atoms with E-state index in [1.165, 1.54) is 0 Å². The van der Waals surface area contributed by atoms with Crippen LogP contribution in [0.1, 0.15) is 5.56 Å². The van der Waals surface area contributed by atoms with E-state index in [4.69, 9.17) is 5.73 Å². The summed E-state index contributed by atoms with van der Waals surface area (Å²) in [6.07, 6.45) is -3.54. The number of carbonyl (C=O) groups is 1. The van der Waals surface area contributed by atoms with Crippen molar-refractivity contribution in [3.63, 3.8) is 0 Å². The SMILES string of the molecule is NC(=O)C1=NS(=O)(=O)C2=c3ccc(C(F)(F)F)cc3=NC2=C1. The highest BCUT2D eigenvalue weighted by atomic mass is 32.2. The fourth-order valence-corrected chi connectivity index (χ4v) is 3.44. The first-order chi connectivity index (χ1) is 10.1. The van der Waals surface area contributed by atoms with Crippen LogP contribution in [0.4, 0.5) is 13.2 Å². The van der Waals surface area contributed by atoms with Crippen molar-refractivity contribution in [2.75, 3.05) is 0 Å². The van der Waals surface area contributed by atoms with Crippen molar-refractivity contribution in [2.45, 2.75) is 6.18 Å². The monoisotopic (exact) mass is 329 g/mol. The van der Waals surface area contributed by atoms with Crippen molar-refractivity contribution in [2.24, 2.45) is 15.1 Å². The average Bonchev–Trinajstić information content (AvgIpc) is 2.74. The Labute approximate surface area is 121 Å². The van der Waals surface area contributed by atoms with Gasteiger partial charge in [0.2, 0.25) is 0 Å². The molecular formula is C12H6F3N3O3S. The van der Waals surface area contributed by atoms with E-state index in [9.17, 15) is 26.4 Å². The van der Waals surface area contributed by atoms with Crippen molar-refractivity contribution in [1.29, 1.82) is 0 Å². The van der Waals surface area contributed by atoms with Gasteiger partial charge in [-0.3, -0.25) is 4.79 Å². The molecule has 1 amide bonds. The molecule has 2 aliphatic heterocycles. The summed E-state index contributed by atoms with van der Waals surface area (Å²) >= 11 is 0. The molecular weight excluding hydrogens is 323 g/mol. The molecule has 22 heavy (non-hydrogen) atoms. The lowest BCUT2D eigenvalue weighted by Crippen LogP contribution is -2.29. The van der Waals surface area contributed by atoms with E-state index in [-0.39, 0.29) is 21.2 Å². The third-order valence-corrected chi connectivity index (χ3v) is 4.43. The molecule has 0 aliphatic carbocycles. The number of hydrogen-bond donors (Lipinski definition) is 1. The number of nitrogens with zero attached hydrogens (tertiary/aromatic N) is 2. The molecule has 10 heteroatoms. The molecule has 0 fully saturated rings. The van der Waals surface area contributed by atoms with Gasteiger partial charge in [-0.05, 0) is 18.2 Å². The molecule has 0 saturated heterocycles. The molecule has 0 aromatic heterocycles. The Kier molecular flexibility index (Phi) is 2.80. The van der Waals surface area contributed by atoms with Crippen LogP contribution in [0.5, 0.6) is 0 Å². The second kappa shape index (κ2) is 4.26. The minimum Gasteiger partial charge on any atom is -0.364 e. The first-order valence-corrected chi connectivity index (χ1v) is 7.21. The number of benzene rings is 1. The summed E-state index contributed by atoms with van der Waals surface area (Å²) in [5, 5.41) is -0.146. The number of primary amides is 1. The predicted molar refractivity (Wildman–Crippen MR) is 69.3 cm³/mol. The maximum atomic E-state index is 12.7. The number of amides is 1. The summed E-state index contributed by atoms with van der Waals surface area (Å²) in [6, 6.07) is 2.51. The molecule has 2 heterocycles. The molecule has 0 bridgehead atoms. The van der Waals surface area contributed by atoms with Crippen molar-refractivity contribution in [1.82, 2.24) is 0 Å². The summed E-state index contributed by atoms with van der Waals surface area (Å²) in [7, 11) is -4.26. The van der Waals surface area contributed by atoms with Gasteiger partial charge < -0.3 is 5.73 Å². The lowest BCUT2D eigenvalue weighted by atomic mass is 10.2. The molecule has 0 atom stereocenters. The number of fused-ring (bicyclic) bond motifs is 2. The largest absolute Gasteiger partial charge is 0.416 e. The van der Waals surface area contributed by atoms with E-state index in [0.29, 0.717) is 0 Å². The molecule has 114 valence electrons. The lowest BCUT2D eigenvalue weighted by Gasteiger charge is -2.08. The predicted octanol–water partition coefficient (Wildman–Crippen LogP) is -0.400. The molecule has 6 nitrogen and oxygen atoms in total. The Morgan fingerprint density at radius 3 is 2.50 bits per heavy atom. The van der Waals surface area contributed by atoms with Gasteiger partial charge in [0, 0.05) is 5.22 Å². The zero-order valence-corrected chi connectivity index (χ0v) is 11.4. The third-order valence-electron chi connectivity index (χ3n) is 3.05. The van der Waals surface area contributed by atoms with E-state index in [1.54, 1.807) is 0 Å². The summed E-state index contributed by atoms with van der Waals surface area (Å²) < 4.78 is 65.4. The maximum absolute atomic E-state index is 12.7. The van der Waals surface area contributed by atoms with Crippen LogP contribution >= 0.6 is 0 Å². The Hall–Kier alpha value is -2.49. The maximum Gasteiger partial charge on any atom is 0.416 e. The minimum atomic E-state index is -4.58. The van der Waals surface area contributed by atoms with Gasteiger partial charge in [-0.2, -0.15) is 26.0 Å². The number of hydrogen-bond acceptors (Lipinski definition) is 4. The van der Waals surface area contributed by atoms with Gasteiger partial charge in [0.05, 0.1) is 16.6 Å². The standard InChI is InChI=1S/C12H6F3N3O3S/c13-12(14,15)5-1-2-6-7(3-5)17-8-4-9(11(16)19)18-22(20,21)10(6)8/h1-4H,(H2,16,19). The molecule has 2 N–H and O–H groups in total. The molecule has 1 aromatic rings. The second-order valence-corrected chi connectivity index (χ2v) is 6.06. The normalized spacial score (nSPS) is 18.8. The van der Waals surface area contributed by atoms with E-state index in [2.05, 4.69) is 9.39 Å². The molecule has 3 rings (SSSR count). The van der Waals surface area contributed by atoms with Gasteiger partial charge in [0.15, 0.2) is 0 Å². The molecule has 1 aromatic carbocycles. The molecule has 0 unspecified atom stereocenters. The van der Waals surface area contributed by atoms with E-state index in [1.807, 2.05) is 0 Å². The number of sulfonamides is 1. The van der Waals surface area contributed by atoms with Gasteiger partial charge in [-0.25, -0.2) is 4.99 Å². The Bertz CT molecular complexity index is 1000. The fourth-order valence-electron chi connectivity index (χ4n) is 2.13. The number of alkyl halides is 3. The smallest absolute Gasteiger partial charge is 0.364 e. The lowest BCUT2D eigenvalue weighted by molar-refractivity contribution is -0.137. The van der Waals surface area contributed by atoms with Crippen LogP contribution in [0, 0.1) is 0 Å². The number of rotatable bonds is 1. The summed E-state index contributed by atoms with van der Waals surface area (Å²) in [5.41, 5.74) is 3.35. The van der Waals surface area contributed by atoms with Crippen LogP contribution in [-0.4, -0.2) is 20.0 Å². The fraction of sp³-hybridized carbons (Fsp3) is 0.0833. The van der Waals surface area contributed by atoms with E-state index < -0.39 is 33.4 Å². The highest BCUT2D eigenvalue weighted by Crippen LogP contribution is 2.29. The van der Waals surface area contributed by atoms with E-state index in [0.717, 1.165) is 24.3 Å². The van der Waals surface area contributed by atoms with Crippen LogP contribution < -0.4 is 16.3 Å². The zero-order valence-electron chi connectivity index (χ0n) is 10.5. The summed E-state index contributed by atoms with van der Waals surface area (Å²) in [5.74, 6) is -1.07. The van der Waals surface area contributed by atoms with Crippen molar-refractivity contribution in [3.8, 4) is 0 Å². The molecule has 2 aliphatic rings. The minimum absolute atomic E-state index is 0.00604. The van der Waals surface area contributed by atoms with Crippen LogP contribution in [0.25, 0.3) is 4.91 Å². The van der Waals surface area contributed by atoms with Crippen molar-refractivity contribution < 1.29 is 26.4 Å². The van der Waals surface area contributed by atoms with E-state index >= 15 is 0 Å². The average molecular weight is 329 g/mol. The Morgan fingerprint density at radius 2 is 1.91 bits per heavy atom. The third kappa shape index (κ3) is 2.11. The first kappa shape index (κ1) is 14.4.